The summed E-state index contributed by atoms with van der Waals surface area (Å²) in [5.74, 6) is 0.367. The summed E-state index contributed by atoms with van der Waals surface area (Å²) in [6, 6.07) is 0.663. The third-order valence-corrected chi connectivity index (χ3v) is 3.42. The summed E-state index contributed by atoms with van der Waals surface area (Å²) in [6.45, 7) is 12.7. The number of carbonyl (C=O) groups is 1. The summed E-state index contributed by atoms with van der Waals surface area (Å²) < 4.78 is 5.31. The van der Waals surface area contributed by atoms with Crippen molar-refractivity contribution in [2.24, 2.45) is 5.92 Å². The van der Waals surface area contributed by atoms with Crippen molar-refractivity contribution in [1.82, 2.24) is 16.0 Å². The number of amides is 1. The van der Waals surface area contributed by atoms with Crippen molar-refractivity contribution < 1.29 is 9.53 Å². The molecule has 0 aromatic heterocycles. The predicted molar refractivity (Wildman–Crippen MR) is 81.9 cm³/mol. The monoisotopic (exact) mass is 285 g/mol. The van der Waals surface area contributed by atoms with E-state index < -0.39 is 5.60 Å². The molecule has 0 bridgehead atoms. The van der Waals surface area contributed by atoms with Crippen LogP contribution in [0.25, 0.3) is 0 Å². The minimum absolute atomic E-state index is 0.0891. The molecule has 1 amide bonds. The third kappa shape index (κ3) is 7.10. The molecule has 1 heterocycles. The van der Waals surface area contributed by atoms with Gasteiger partial charge in [-0.2, -0.15) is 0 Å². The molecule has 0 aromatic rings. The average molecular weight is 285 g/mol. The molecular formula is C15H31N3O2. The predicted octanol–water partition coefficient (Wildman–Crippen LogP) is 1.88. The SMILES string of the molecule is CC(C)C(CNCC1CCCN1)NC(=O)OC(C)(C)C. The van der Waals surface area contributed by atoms with E-state index in [1.54, 1.807) is 0 Å². The number of carbonyl (C=O) groups excluding carboxylic acids is 1. The third-order valence-electron chi connectivity index (χ3n) is 3.42. The van der Waals surface area contributed by atoms with Crippen LogP contribution in [-0.4, -0.2) is 43.4 Å². The van der Waals surface area contributed by atoms with Gasteiger partial charge in [-0.05, 0) is 46.1 Å². The van der Waals surface area contributed by atoms with Crippen LogP contribution in [0.15, 0.2) is 0 Å². The first-order valence-corrected chi connectivity index (χ1v) is 7.71. The zero-order chi connectivity index (χ0) is 15.2. The van der Waals surface area contributed by atoms with Crippen LogP contribution in [0, 0.1) is 5.92 Å². The molecule has 3 N–H and O–H groups in total. The summed E-state index contributed by atoms with van der Waals surface area (Å²) >= 11 is 0. The number of hydrogen-bond acceptors (Lipinski definition) is 4. The molecule has 118 valence electrons. The van der Waals surface area contributed by atoms with E-state index in [9.17, 15) is 4.79 Å². The Kier molecular flexibility index (Phi) is 6.76. The molecule has 1 saturated heterocycles. The van der Waals surface area contributed by atoms with Crippen molar-refractivity contribution >= 4 is 6.09 Å². The van der Waals surface area contributed by atoms with E-state index in [0.717, 1.165) is 19.6 Å². The van der Waals surface area contributed by atoms with Crippen LogP contribution < -0.4 is 16.0 Å². The molecule has 0 saturated carbocycles. The normalized spacial score (nSPS) is 21.0. The molecule has 0 radical (unpaired) electrons. The summed E-state index contributed by atoms with van der Waals surface area (Å²) in [6.07, 6.45) is 2.16. The van der Waals surface area contributed by atoms with E-state index in [4.69, 9.17) is 4.74 Å². The van der Waals surface area contributed by atoms with Crippen LogP contribution in [0.4, 0.5) is 4.79 Å². The quantitative estimate of drug-likeness (QED) is 0.697. The van der Waals surface area contributed by atoms with Gasteiger partial charge in [0.2, 0.25) is 0 Å². The summed E-state index contributed by atoms with van der Waals surface area (Å²) in [5, 5.41) is 9.86. The first kappa shape index (κ1) is 17.2. The molecule has 0 aromatic carbocycles. The smallest absolute Gasteiger partial charge is 0.407 e. The van der Waals surface area contributed by atoms with Crippen LogP contribution in [0.5, 0.6) is 0 Å². The van der Waals surface area contributed by atoms with E-state index in [1.807, 2.05) is 20.8 Å². The molecular weight excluding hydrogens is 254 g/mol. The highest BCUT2D eigenvalue weighted by molar-refractivity contribution is 5.68. The number of alkyl carbamates (subject to hydrolysis) is 1. The number of nitrogens with one attached hydrogen (secondary N) is 3. The van der Waals surface area contributed by atoms with Gasteiger partial charge in [0.15, 0.2) is 0 Å². The highest BCUT2D eigenvalue weighted by atomic mass is 16.6. The molecule has 5 nitrogen and oxygen atoms in total. The van der Waals surface area contributed by atoms with Gasteiger partial charge in [0, 0.05) is 25.2 Å². The van der Waals surface area contributed by atoms with Gasteiger partial charge in [-0.3, -0.25) is 0 Å². The van der Waals surface area contributed by atoms with E-state index in [2.05, 4.69) is 29.8 Å². The highest BCUT2D eigenvalue weighted by Gasteiger charge is 2.21. The van der Waals surface area contributed by atoms with Crippen molar-refractivity contribution in [2.75, 3.05) is 19.6 Å². The lowest BCUT2D eigenvalue weighted by molar-refractivity contribution is 0.0490. The fraction of sp³-hybridized carbons (Fsp3) is 0.933. The van der Waals surface area contributed by atoms with Gasteiger partial charge in [-0.25, -0.2) is 4.79 Å². The second kappa shape index (κ2) is 7.84. The standard InChI is InChI=1S/C15H31N3O2/c1-11(2)13(18-14(19)20-15(3,4)5)10-16-9-12-7-6-8-17-12/h11-13,16-17H,6-10H2,1-5H3,(H,18,19). The number of ether oxygens (including phenoxy) is 1. The Hall–Kier alpha value is -0.810. The Labute approximate surface area is 123 Å². The van der Waals surface area contributed by atoms with Crippen LogP contribution in [0.3, 0.4) is 0 Å². The molecule has 1 aliphatic heterocycles. The topological polar surface area (TPSA) is 62.4 Å². The van der Waals surface area contributed by atoms with Gasteiger partial charge in [-0.1, -0.05) is 13.8 Å². The van der Waals surface area contributed by atoms with Gasteiger partial charge in [-0.15, -0.1) is 0 Å². The number of rotatable bonds is 6. The van der Waals surface area contributed by atoms with Gasteiger partial charge in [0.1, 0.15) is 5.60 Å². The van der Waals surface area contributed by atoms with Crippen LogP contribution >= 0.6 is 0 Å². The Bertz CT molecular complexity index is 294. The minimum atomic E-state index is -0.452. The van der Waals surface area contributed by atoms with Crippen LogP contribution in [0.2, 0.25) is 0 Å². The molecule has 2 unspecified atom stereocenters. The first-order valence-electron chi connectivity index (χ1n) is 7.71. The van der Waals surface area contributed by atoms with E-state index >= 15 is 0 Å². The maximum Gasteiger partial charge on any atom is 0.407 e. The van der Waals surface area contributed by atoms with Crippen molar-refractivity contribution in [3.63, 3.8) is 0 Å². The fourth-order valence-electron chi connectivity index (χ4n) is 2.26. The highest BCUT2D eigenvalue weighted by Crippen LogP contribution is 2.09. The Morgan fingerprint density at radius 2 is 2.10 bits per heavy atom. The van der Waals surface area contributed by atoms with Crippen molar-refractivity contribution in [3.05, 3.63) is 0 Å². The van der Waals surface area contributed by atoms with Crippen molar-refractivity contribution in [2.45, 2.75) is 65.1 Å². The van der Waals surface area contributed by atoms with Crippen molar-refractivity contribution in [1.29, 1.82) is 0 Å². The lowest BCUT2D eigenvalue weighted by Crippen LogP contribution is -2.48. The van der Waals surface area contributed by atoms with Gasteiger partial charge in [0.25, 0.3) is 0 Å². The summed E-state index contributed by atoms with van der Waals surface area (Å²) in [5.41, 5.74) is -0.452. The fourth-order valence-corrected chi connectivity index (χ4v) is 2.26. The molecule has 0 aliphatic carbocycles. The van der Waals surface area contributed by atoms with Crippen LogP contribution in [-0.2, 0) is 4.74 Å². The average Bonchev–Trinajstić information content (AvgIpc) is 2.77. The van der Waals surface area contributed by atoms with Gasteiger partial charge in [0.05, 0.1) is 0 Å². The lowest BCUT2D eigenvalue weighted by Gasteiger charge is -2.26. The van der Waals surface area contributed by atoms with Gasteiger partial charge >= 0.3 is 6.09 Å². The Balaban J connectivity index is 2.30. The zero-order valence-electron chi connectivity index (χ0n) is 13.6. The molecule has 1 rings (SSSR count). The lowest BCUT2D eigenvalue weighted by atomic mass is 10.0. The molecule has 2 atom stereocenters. The Morgan fingerprint density at radius 1 is 1.40 bits per heavy atom. The largest absolute Gasteiger partial charge is 0.444 e. The zero-order valence-corrected chi connectivity index (χ0v) is 13.6. The summed E-state index contributed by atoms with van der Waals surface area (Å²) in [4.78, 5) is 11.8. The maximum absolute atomic E-state index is 11.8. The minimum Gasteiger partial charge on any atom is -0.444 e. The molecule has 1 aliphatic rings. The molecule has 1 fully saturated rings. The molecule has 5 heteroatoms. The van der Waals surface area contributed by atoms with E-state index in [-0.39, 0.29) is 12.1 Å². The second-order valence-electron chi connectivity index (χ2n) is 6.95. The van der Waals surface area contributed by atoms with E-state index in [0.29, 0.717) is 12.0 Å². The molecule has 0 spiro atoms. The van der Waals surface area contributed by atoms with Gasteiger partial charge < -0.3 is 20.7 Å². The number of hydrogen-bond donors (Lipinski definition) is 3. The Morgan fingerprint density at radius 3 is 2.60 bits per heavy atom. The van der Waals surface area contributed by atoms with Crippen LogP contribution in [0.1, 0.15) is 47.5 Å². The first-order chi connectivity index (χ1) is 9.28. The van der Waals surface area contributed by atoms with Crippen molar-refractivity contribution in [3.8, 4) is 0 Å². The summed E-state index contributed by atoms with van der Waals surface area (Å²) in [7, 11) is 0. The second-order valence-corrected chi connectivity index (χ2v) is 6.95. The maximum atomic E-state index is 11.8. The van der Waals surface area contributed by atoms with E-state index in [1.165, 1.54) is 12.8 Å². The molecule has 20 heavy (non-hydrogen) atoms.